The van der Waals surface area contributed by atoms with E-state index in [1.54, 1.807) is 0 Å². The number of hydrogen-bond donors (Lipinski definition) is 1. The Bertz CT molecular complexity index is 919. The number of aliphatic hydroxyl groups is 1. The molecule has 4 aromatic rings. The first-order valence-electron chi connectivity index (χ1n) is 8.80. The fourth-order valence-corrected chi connectivity index (χ4v) is 3.23. The lowest BCUT2D eigenvalue weighted by Gasteiger charge is -2.16. The van der Waals surface area contributed by atoms with Gasteiger partial charge >= 0.3 is 0 Å². The van der Waals surface area contributed by atoms with Crippen LogP contribution in [0.5, 0.6) is 0 Å². The zero-order valence-electron chi connectivity index (χ0n) is 14.4. The molecule has 4 aromatic carbocycles. The van der Waals surface area contributed by atoms with Gasteiger partial charge < -0.3 is 5.11 Å². The molecule has 26 heavy (non-hydrogen) atoms. The SMILES string of the molecule is OC(c1ccccc1)c1cc(-c2ccccc2)cc(-c2ccccc2)c1. The molecule has 1 atom stereocenters. The summed E-state index contributed by atoms with van der Waals surface area (Å²) in [5.74, 6) is 0. The van der Waals surface area contributed by atoms with Gasteiger partial charge in [-0.1, -0.05) is 91.0 Å². The largest absolute Gasteiger partial charge is 0.384 e. The fraction of sp³-hybridized carbons (Fsp3) is 0.0400. The second-order valence-electron chi connectivity index (χ2n) is 6.39. The minimum Gasteiger partial charge on any atom is -0.384 e. The zero-order chi connectivity index (χ0) is 17.8. The van der Waals surface area contributed by atoms with Crippen LogP contribution < -0.4 is 0 Å². The van der Waals surface area contributed by atoms with Gasteiger partial charge in [0.05, 0.1) is 0 Å². The standard InChI is InChI=1S/C25H20O/c26-25(21-14-8-3-9-15-21)24-17-22(19-10-4-1-5-11-19)16-23(18-24)20-12-6-2-7-13-20/h1-18,25-26H. The minimum absolute atomic E-state index is 0.651. The van der Waals surface area contributed by atoms with E-state index in [-0.39, 0.29) is 0 Å². The van der Waals surface area contributed by atoms with Crippen LogP contribution in [0.2, 0.25) is 0 Å². The van der Waals surface area contributed by atoms with Gasteiger partial charge in [-0.2, -0.15) is 0 Å². The van der Waals surface area contributed by atoms with Crippen LogP contribution >= 0.6 is 0 Å². The third kappa shape index (κ3) is 3.44. The number of hydrogen-bond acceptors (Lipinski definition) is 1. The predicted molar refractivity (Wildman–Crippen MR) is 108 cm³/mol. The van der Waals surface area contributed by atoms with Crippen LogP contribution in [0.1, 0.15) is 17.2 Å². The molecular formula is C25H20O. The van der Waals surface area contributed by atoms with E-state index in [4.69, 9.17) is 0 Å². The third-order valence-corrected chi connectivity index (χ3v) is 4.60. The van der Waals surface area contributed by atoms with Crippen LogP contribution in [0.4, 0.5) is 0 Å². The lowest BCUT2D eigenvalue weighted by Crippen LogP contribution is -2.00. The predicted octanol–water partition coefficient (Wildman–Crippen LogP) is 6.10. The monoisotopic (exact) mass is 336 g/mol. The summed E-state index contributed by atoms with van der Waals surface area (Å²) in [6.07, 6.45) is -0.651. The number of aliphatic hydroxyl groups excluding tert-OH is 1. The average molecular weight is 336 g/mol. The Labute approximate surface area is 154 Å². The highest BCUT2D eigenvalue weighted by Gasteiger charge is 2.13. The second kappa shape index (κ2) is 7.38. The molecular weight excluding hydrogens is 316 g/mol. The topological polar surface area (TPSA) is 20.2 Å². The molecule has 0 aliphatic heterocycles. The molecule has 0 saturated carbocycles. The first kappa shape index (κ1) is 16.3. The Morgan fingerprint density at radius 2 is 0.846 bits per heavy atom. The van der Waals surface area contributed by atoms with E-state index in [1.807, 2.05) is 66.7 Å². The molecule has 1 unspecified atom stereocenters. The van der Waals surface area contributed by atoms with E-state index >= 15 is 0 Å². The molecule has 1 nitrogen and oxygen atoms in total. The molecule has 0 aliphatic carbocycles. The van der Waals surface area contributed by atoms with Crippen molar-refractivity contribution in [2.75, 3.05) is 0 Å². The summed E-state index contributed by atoms with van der Waals surface area (Å²) in [5, 5.41) is 10.9. The van der Waals surface area contributed by atoms with Crippen LogP contribution in [-0.4, -0.2) is 5.11 Å². The van der Waals surface area contributed by atoms with E-state index in [9.17, 15) is 5.11 Å². The van der Waals surface area contributed by atoms with Crippen LogP contribution in [0.15, 0.2) is 109 Å². The molecule has 0 heterocycles. The lowest BCUT2D eigenvalue weighted by atomic mass is 9.92. The van der Waals surface area contributed by atoms with Gasteiger partial charge in [-0.25, -0.2) is 0 Å². The summed E-state index contributed by atoms with van der Waals surface area (Å²) in [6, 6.07) is 36.7. The highest BCUT2D eigenvalue weighted by Crippen LogP contribution is 2.32. The van der Waals surface area contributed by atoms with Crippen LogP contribution in [-0.2, 0) is 0 Å². The van der Waals surface area contributed by atoms with Crippen molar-refractivity contribution in [3.05, 3.63) is 120 Å². The van der Waals surface area contributed by atoms with Gasteiger partial charge in [-0.3, -0.25) is 0 Å². The van der Waals surface area contributed by atoms with Gasteiger partial charge in [-0.15, -0.1) is 0 Å². The molecule has 0 fully saturated rings. The highest BCUT2D eigenvalue weighted by molar-refractivity contribution is 5.74. The van der Waals surface area contributed by atoms with Gasteiger partial charge in [0.1, 0.15) is 6.10 Å². The summed E-state index contributed by atoms with van der Waals surface area (Å²) >= 11 is 0. The summed E-state index contributed by atoms with van der Waals surface area (Å²) in [6.45, 7) is 0. The van der Waals surface area contributed by atoms with E-state index in [2.05, 4.69) is 42.5 Å². The van der Waals surface area contributed by atoms with Gasteiger partial charge in [0.2, 0.25) is 0 Å². The first-order chi connectivity index (χ1) is 12.8. The molecule has 1 N–H and O–H groups in total. The van der Waals surface area contributed by atoms with Crippen molar-refractivity contribution >= 4 is 0 Å². The van der Waals surface area contributed by atoms with Gasteiger partial charge in [0.15, 0.2) is 0 Å². The maximum absolute atomic E-state index is 10.9. The molecule has 0 radical (unpaired) electrons. The zero-order valence-corrected chi connectivity index (χ0v) is 14.4. The van der Waals surface area contributed by atoms with E-state index in [0.29, 0.717) is 0 Å². The molecule has 0 aromatic heterocycles. The molecule has 0 saturated heterocycles. The molecule has 0 bridgehead atoms. The Balaban J connectivity index is 1.86. The molecule has 0 aliphatic rings. The number of rotatable bonds is 4. The molecule has 126 valence electrons. The van der Waals surface area contributed by atoms with Gasteiger partial charge in [-0.05, 0) is 51.6 Å². The maximum atomic E-state index is 10.9. The van der Waals surface area contributed by atoms with E-state index < -0.39 is 6.10 Å². The summed E-state index contributed by atoms with van der Waals surface area (Å²) in [5.41, 5.74) is 6.31. The summed E-state index contributed by atoms with van der Waals surface area (Å²) in [4.78, 5) is 0. The van der Waals surface area contributed by atoms with Crippen molar-refractivity contribution in [3.63, 3.8) is 0 Å². The van der Waals surface area contributed by atoms with Crippen molar-refractivity contribution in [2.45, 2.75) is 6.10 Å². The van der Waals surface area contributed by atoms with E-state index in [1.165, 1.54) is 0 Å². The normalized spacial score (nSPS) is 11.9. The van der Waals surface area contributed by atoms with E-state index in [0.717, 1.165) is 33.4 Å². The Morgan fingerprint density at radius 3 is 1.31 bits per heavy atom. The summed E-state index contributed by atoms with van der Waals surface area (Å²) in [7, 11) is 0. The quantitative estimate of drug-likeness (QED) is 0.477. The maximum Gasteiger partial charge on any atom is 0.104 e. The van der Waals surface area contributed by atoms with Gasteiger partial charge in [0, 0.05) is 0 Å². The van der Waals surface area contributed by atoms with Crippen molar-refractivity contribution in [2.24, 2.45) is 0 Å². The number of benzene rings is 4. The minimum atomic E-state index is -0.651. The average Bonchev–Trinajstić information content (AvgIpc) is 2.75. The van der Waals surface area contributed by atoms with Crippen LogP contribution in [0, 0.1) is 0 Å². The Hall–Kier alpha value is -3.16. The molecule has 0 spiro atoms. The van der Waals surface area contributed by atoms with Crippen molar-refractivity contribution in [3.8, 4) is 22.3 Å². The van der Waals surface area contributed by atoms with Crippen molar-refractivity contribution in [1.82, 2.24) is 0 Å². The Morgan fingerprint density at radius 1 is 0.423 bits per heavy atom. The second-order valence-corrected chi connectivity index (χ2v) is 6.39. The third-order valence-electron chi connectivity index (χ3n) is 4.60. The molecule has 0 amide bonds. The lowest BCUT2D eigenvalue weighted by molar-refractivity contribution is 0.220. The summed E-state index contributed by atoms with van der Waals surface area (Å²) < 4.78 is 0. The van der Waals surface area contributed by atoms with Crippen LogP contribution in [0.3, 0.4) is 0 Å². The van der Waals surface area contributed by atoms with Crippen molar-refractivity contribution in [1.29, 1.82) is 0 Å². The Kier molecular flexibility index (Phi) is 4.63. The molecule has 4 rings (SSSR count). The fourth-order valence-electron chi connectivity index (χ4n) is 3.23. The highest BCUT2D eigenvalue weighted by atomic mass is 16.3. The van der Waals surface area contributed by atoms with Crippen molar-refractivity contribution < 1.29 is 5.11 Å². The molecule has 1 heteroatoms. The smallest absolute Gasteiger partial charge is 0.104 e. The van der Waals surface area contributed by atoms with Crippen LogP contribution in [0.25, 0.3) is 22.3 Å². The van der Waals surface area contributed by atoms with Gasteiger partial charge in [0.25, 0.3) is 0 Å². The first-order valence-corrected chi connectivity index (χ1v) is 8.80.